The van der Waals surface area contributed by atoms with Crippen LogP contribution >= 0.6 is 0 Å². The van der Waals surface area contributed by atoms with Gasteiger partial charge in [0.2, 0.25) is 0 Å². The molecule has 0 saturated carbocycles. The van der Waals surface area contributed by atoms with Gasteiger partial charge in [-0.15, -0.1) is 0 Å². The van der Waals surface area contributed by atoms with Crippen LogP contribution in [0.15, 0.2) is 48.5 Å². The van der Waals surface area contributed by atoms with Gasteiger partial charge in [-0.25, -0.2) is 4.79 Å². The molecule has 3 nitrogen and oxygen atoms in total. The van der Waals surface area contributed by atoms with Crippen molar-refractivity contribution in [2.24, 2.45) is 0 Å². The molecular formula is C29H42O3. The Balaban J connectivity index is 1.75. The summed E-state index contributed by atoms with van der Waals surface area (Å²) in [5, 5.41) is 9.92. The first-order valence-corrected chi connectivity index (χ1v) is 12.7. The first-order chi connectivity index (χ1) is 15.6. The van der Waals surface area contributed by atoms with Crippen molar-refractivity contribution in [3.8, 4) is 5.75 Å². The number of hydrogen-bond donors (Lipinski definition) is 1. The smallest absolute Gasteiger partial charge is 0.342 e. The molecule has 32 heavy (non-hydrogen) atoms. The van der Waals surface area contributed by atoms with Crippen molar-refractivity contribution in [2.75, 3.05) is 0 Å². The van der Waals surface area contributed by atoms with E-state index < -0.39 is 5.97 Å². The summed E-state index contributed by atoms with van der Waals surface area (Å²) in [6.45, 7) is 4.41. The number of carbonyl (C=O) groups is 1. The standard InChI is InChI=1S/C29H42O3/c1-3-5-7-8-9-10-14-24-20-22-25(23-21-24)15-13-17-26(16-6-4-2)32-29(31)27-18-11-12-19-28(27)30/h11-12,18-23,26,30H,3-10,13-17H2,1-2H3. The van der Waals surface area contributed by atoms with E-state index in [0.717, 1.165) is 38.5 Å². The van der Waals surface area contributed by atoms with Crippen molar-refractivity contribution in [3.05, 3.63) is 65.2 Å². The van der Waals surface area contributed by atoms with Gasteiger partial charge in [-0.2, -0.15) is 0 Å². The van der Waals surface area contributed by atoms with Gasteiger partial charge in [0, 0.05) is 0 Å². The molecule has 1 atom stereocenters. The van der Waals surface area contributed by atoms with Crippen LogP contribution in [0.25, 0.3) is 0 Å². The maximum Gasteiger partial charge on any atom is 0.342 e. The molecule has 2 rings (SSSR count). The van der Waals surface area contributed by atoms with Gasteiger partial charge < -0.3 is 9.84 Å². The van der Waals surface area contributed by atoms with Crippen molar-refractivity contribution >= 4 is 5.97 Å². The molecule has 0 amide bonds. The lowest BCUT2D eigenvalue weighted by Crippen LogP contribution is -2.19. The molecule has 2 aromatic carbocycles. The molecule has 0 aliphatic rings. The molecular weight excluding hydrogens is 396 g/mol. The van der Waals surface area contributed by atoms with E-state index in [9.17, 15) is 9.90 Å². The molecule has 3 heteroatoms. The fraction of sp³-hybridized carbons (Fsp3) is 0.552. The lowest BCUT2D eigenvalue weighted by Gasteiger charge is -2.18. The average molecular weight is 439 g/mol. The van der Waals surface area contributed by atoms with Crippen LogP contribution in [0, 0.1) is 0 Å². The monoisotopic (exact) mass is 438 g/mol. The van der Waals surface area contributed by atoms with E-state index in [1.165, 1.54) is 62.1 Å². The summed E-state index contributed by atoms with van der Waals surface area (Å²) in [5.41, 5.74) is 3.02. The molecule has 0 fully saturated rings. The third-order valence-electron chi connectivity index (χ3n) is 6.11. The second kappa shape index (κ2) is 15.5. The normalized spacial score (nSPS) is 11.9. The number of hydrogen-bond acceptors (Lipinski definition) is 3. The minimum atomic E-state index is -0.428. The number of aromatic hydroxyl groups is 1. The number of rotatable bonds is 16. The highest BCUT2D eigenvalue weighted by Crippen LogP contribution is 2.21. The van der Waals surface area contributed by atoms with E-state index in [1.54, 1.807) is 18.2 Å². The fourth-order valence-electron chi connectivity index (χ4n) is 4.07. The molecule has 2 aromatic rings. The van der Waals surface area contributed by atoms with E-state index in [0.29, 0.717) is 0 Å². The number of phenols is 1. The quantitative estimate of drug-likeness (QED) is 0.213. The Morgan fingerprint density at radius 1 is 0.750 bits per heavy atom. The van der Waals surface area contributed by atoms with Crippen molar-refractivity contribution < 1.29 is 14.6 Å². The number of benzene rings is 2. The predicted octanol–water partition coefficient (Wildman–Crippen LogP) is 8.03. The number of unbranched alkanes of at least 4 members (excludes halogenated alkanes) is 6. The molecule has 0 bridgehead atoms. The highest BCUT2D eigenvalue weighted by Gasteiger charge is 2.18. The maximum absolute atomic E-state index is 12.5. The first kappa shape index (κ1) is 26.0. The van der Waals surface area contributed by atoms with E-state index in [2.05, 4.69) is 38.1 Å². The van der Waals surface area contributed by atoms with Gasteiger partial charge in [0.05, 0.1) is 0 Å². The molecule has 0 aliphatic heterocycles. The minimum Gasteiger partial charge on any atom is -0.507 e. The molecule has 1 N–H and O–H groups in total. The van der Waals surface area contributed by atoms with Crippen LogP contribution in [0.3, 0.4) is 0 Å². The van der Waals surface area contributed by atoms with E-state index >= 15 is 0 Å². The lowest BCUT2D eigenvalue weighted by molar-refractivity contribution is 0.0249. The molecule has 0 saturated heterocycles. The highest BCUT2D eigenvalue weighted by molar-refractivity contribution is 5.92. The van der Waals surface area contributed by atoms with Gasteiger partial charge in [-0.05, 0) is 61.8 Å². The maximum atomic E-state index is 12.5. The largest absolute Gasteiger partial charge is 0.507 e. The Morgan fingerprint density at radius 2 is 1.31 bits per heavy atom. The zero-order valence-corrected chi connectivity index (χ0v) is 20.2. The van der Waals surface area contributed by atoms with Crippen molar-refractivity contribution in [1.82, 2.24) is 0 Å². The first-order valence-electron chi connectivity index (χ1n) is 12.7. The predicted molar refractivity (Wildman–Crippen MR) is 133 cm³/mol. The summed E-state index contributed by atoms with van der Waals surface area (Å²) in [6.07, 6.45) is 14.9. The molecule has 0 radical (unpaired) electrons. The van der Waals surface area contributed by atoms with Crippen LogP contribution in [0.4, 0.5) is 0 Å². The van der Waals surface area contributed by atoms with Gasteiger partial charge in [0.1, 0.15) is 17.4 Å². The Kier molecular flexibility index (Phi) is 12.6. The number of phenolic OH excluding ortho intramolecular Hbond substituents is 1. The fourth-order valence-corrected chi connectivity index (χ4v) is 4.07. The van der Waals surface area contributed by atoms with Gasteiger partial charge in [0.25, 0.3) is 0 Å². The summed E-state index contributed by atoms with van der Waals surface area (Å²) in [6, 6.07) is 15.6. The molecule has 0 spiro atoms. The molecule has 1 unspecified atom stereocenters. The summed E-state index contributed by atoms with van der Waals surface area (Å²) in [4.78, 5) is 12.5. The molecule has 0 aromatic heterocycles. The number of para-hydroxylation sites is 1. The number of aryl methyl sites for hydroxylation is 2. The van der Waals surface area contributed by atoms with Gasteiger partial charge in [-0.1, -0.05) is 95.2 Å². The van der Waals surface area contributed by atoms with Gasteiger partial charge in [-0.3, -0.25) is 0 Å². The lowest BCUT2D eigenvalue weighted by atomic mass is 10.00. The second-order valence-electron chi connectivity index (χ2n) is 8.91. The van der Waals surface area contributed by atoms with E-state index in [1.807, 2.05) is 0 Å². The third kappa shape index (κ3) is 9.89. The molecule has 176 valence electrons. The Morgan fingerprint density at radius 3 is 1.97 bits per heavy atom. The SMILES string of the molecule is CCCCCCCCc1ccc(CCCC(CCCC)OC(=O)c2ccccc2O)cc1. The van der Waals surface area contributed by atoms with E-state index in [-0.39, 0.29) is 17.4 Å². The highest BCUT2D eigenvalue weighted by atomic mass is 16.5. The van der Waals surface area contributed by atoms with Crippen LogP contribution in [0.1, 0.15) is 106 Å². The third-order valence-corrected chi connectivity index (χ3v) is 6.11. The van der Waals surface area contributed by atoms with Crippen LogP contribution in [0.5, 0.6) is 5.75 Å². The van der Waals surface area contributed by atoms with Crippen molar-refractivity contribution in [1.29, 1.82) is 0 Å². The van der Waals surface area contributed by atoms with Crippen molar-refractivity contribution in [2.45, 2.75) is 103 Å². The number of esters is 1. The van der Waals surface area contributed by atoms with Crippen LogP contribution in [0.2, 0.25) is 0 Å². The second-order valence-corrected chi connectivity index (χ2v) is 8.91. The van der Waals surface area contributed by atoms with E-state index in [4.69, 9.17) is 4.74 Å². The molecule has 0 heterocycles. The summed E-state index contributed by atoms with van der Waals surface area (Å²) in [7, 11) is 0. The van der Waals surface area contributed by atoms with Crippen LogP contribution in [-0.2, 0) is 17.6 Å². The Labute approximate surface area is 195 Å². The van der Waals surface area contributed by atoms with Crippen LogP contribution in [-0.4, -0.2) is 17.2 Å². The summed E-state index contributed by atoms with van der Waals surface area (Å²) < 4.78 is 5.76. The van der Waals surface area contributed by atoms with Crippen LogP contribution < -0.4 is 0 Å². The average Bonchev–Trinajstić information content (AvgIpc) is 2.80. The Hall–Kier alpha value is -2.29. The summed E-state index contributed by atoms with van der Waals surface area (Å²) in [5.74, 6) is -0.448. The van der Waals surface area contributed by atoms with Gasteiger partial charge in [0.15, 0.2) is 0 Å². The van der Waals surface area contributed by atoms with Gasteiger partial charge >= 0.3 is 5.97 Å². The zero-order chi connectivity index (χ0) is 23.0. The molecule has 0 aliphatic carbocycles. The Bertz CT molecular complexity index is 766. The topological polar surface area (TPSA) is 46.5 Å². The number of ether oxygens (including phenoxy) is 1. The summed E-state index contributed by atoms with van der Waals surface area (Å²) >= 11 is 0. The van der Waals surface area contributed by atoms with Crippen molar-refractivity contribution in [3.63, 3.8) is 0 Å². The zero-order valence-electron chi connectivity index (χ0n) is 20.2. The number of carbonyl (C=O) groups excluding carboxylic acids is 1. The minimum absolute atomic E-state index is 0.0206.